The Kier molecular flexibility index (Phi) is 16.3. The average Bonchev–Trinajstić information content (AvgIpc) is 2.39. The third-order valence-electron chi connectivity index (χ3n) is 3.22. The fraction of sp³-hybridized carbons (Fsp3) is 0.800. The van der Waals surface area contributed by atoms with Crippen LogP contribution in [0.2, 0.25) is 0 Å². The molecule has 0 aliphatic heterocycles. The molecule has 124 valence electrons. The second kappa shape index (κ2) is 14.7. The zero-order valence-corrected chi connectivity index (χ0v) is 16.7. The second-order valence-electron chi connectivity index (χ2n) is 5.25. The summed E-state index contributed by atoms with van der Waals surface area (Å²) in [5.41, 5.74) is 0. The maximum absolute atomic E-state index is 11.1. The van der Waals surface area contributed by atoms with Crippen LogP contribution in [0.4, 0.5) is 0 Å². The predicted molar refractivity (Wildman–Crippen MR) is 81.9 cm³/mol. The van der Waals surface area contributed by atoms with Crippen LogP contribution in [0.25, 0.3) is 0 Å². The van der Waals surface area contributed by atoms with Crippen molar-refractivity contribution >= 4 is 16.1 Å². The van der Waals surface area contributed by atoms with E-state index in [0.717, 1.165) is 31.8 Å². The topological polar surface area (TPSA) is 83.5 Å². The molecule has 0 spiro atoms. The Hall–Kier alpha value is 0.120. The first-order valence-electron chi connectivity index (χ1n) is 7.65. The predicted octanol–water partition coefficient (Wildman–Crippen LogP) is 0.164. The van der Waals surface area contributed by atoms with Gasteiger partial charge in [0.1, 0.15) is 6.10 Å². The third kappa shape index (κ3) is 16.5. The first kappa shape index (κ1) is 24.4. The van der Waals surface area contributed by atoms with E-state index in [1.54, 1.807) is 0 Å². The largest absolute Gasteiger partial charge is 1.00 e. The van der Waals surface area contributed by atoms with Crippen molar-refractivity contribution in [2.45, 2.75) is 70.8 Å². The quantitative estimate of drug-likeness (QED) is 0.157. The van der Waals surface area contributed by atoms with Gasteiger partial charge in [-0.25, -0.2) is 13.2 Å². The van der Waals surface area contributed by atoms with Gasteiger partial charge in [-0.3, -0.25) is 0 Å². The number of hydrogen-bond acceptors (Lipinski definition) is 5. The molecule has 1 atom stereocenters. The van der Waals surface area contributed by atoms with Gasteiger partial charge in [0.15, 0.2) is 0 Å². The molecule has 0 N–H and O–H groups in total. The van der Waals surface area contributed by atoms with Gasteiger partial charge in [0.25, 0.3) is 0 Å². The number of hydrogen-bond donors (Lipinski definition) is 0. The van der Waals surface area contributed by atoms with E-state index in [4.69, 9.17) is 4.74 Å². The minimum atomic E-state index is -4.40. The molecule has 0 aromatic heterocycles. The molecule has 0 amide bonds. The van der Waals surface area contributed by atoms with Crippen molar-refractivity contribution in [1.82, 2.24) is 0 Å². The van der Waals surface area contributed by atoms with Crippen LogP contribution < -0.4 is 29.6 Å². The molecule has 5 nitrogen and oxygen atoms in total. The molecule has 1 unspecified atom stereocenters. The molecule has 0 saturated heterocycles. The molecule has 7 heteroatoms. The number of carbonyl (C=O) groups is 1. The molecule has 0 aromatic carbocycles. The van der Waals surface area contributed by atoms with Gasteiger partial charge < -0.3 is 9.29 Å². The minimum Gasteiger partial charge on any atom is -0.748 e. The van der Waals surface area contributed by atoms with E-state index >= 15 is 0 Å². The molecule has 0 bridgehead atoms. The van der Waals surface area contributed by atoms with Gasteiger partial charge in [-0.1, -0.05) is 58.4 Å². The molecule has 0 aliphatic carbocycles. The molecule has 0 fully saturated rings. The van der Waals surface area contributed by atoms with Crippen molar-refractivity contribution in [3.05, 3.63) is 12.7 Å². The van der Waals surface area contributed by atoms with Gasteiger partial charge >= 0.3 is 35.5 Å². The maximum Gasteiger partial charge on any atom is 1.00 e. The summed E-state index contributed by atoms with van der Waals surface area (Å²) >= 11 is 0. The van der Waals surface area contributed by atoms with Crippen LogP contribution in [0.15, 0.2) is 12.7 Å². The molecule has 22 heavy (non-hydrogen) atoms. The maximum atomic E-state index is 11.1. The molecule has 0 heterocycles. The Morgan fingerprint density at radius 2 is 1.64 bits per heavy atom. The summed E-state index contributed by atoms with van der Waals surface area (Å²) in [4.78, 5) is 11.1. The summed E-state index contributed by atoms with van der Waals surface area (Å²) in [6.07, 6.45) is 9.41. The van der Waals surface area contributed by atoms with Crippen molar-refractivity contribution < 1.29 is 52.1 Å². The van der Waals surface area contributed by atoms with E-state index < -0.39 is 27.9 Å². The SMILES string of the molecule is C=CC(=O)OC(CCCCCCCCCC)CS(=O)(=O)[O-].[Na+]. The van der Waals surface area contributed by atoms with E-state index in [1.807, 2.05) is 0 Å². The fourth-order valence-electron chi connectivity index (χ4n) is 2.12. The smallest absolute Gasteiger partial charge is 0.748 e. The van der Waals surface area contributed by atoms with E-state index in [9.17, 15) is 17.8 Å². The Labute approximate surface area is 156 Å². The van der Waals surface area contributed by atoms with Crippen molar-refractivity contribution in [2.24, 2.45) is 0 Å². The summed E-state index contributed by atoms with van der Waals surface area (Å²) in [6, 6.07) is 0. The average molecular weight is 342 g/mol. The standard InChI is InChI=1S/C15H28O5S.Na/c1-3-5-6-7-8-9-10-11-12-14(13-21(17,18)19)20-15(16)4-2;/h4,14H,2-3,5-13H2,1H3,(H,17,18,19);/q;+1/p-1. The molecular formula is C15H27NaO5S. The molecular weight excluding hydrogens is 315 g/mol. The van der Waals surface area contributed by atoms with Crippen molar-refractivity contribution in [1.29, 1.82) is 0 Å². The number of carbonyl (C=O) groups excluding carboxylic acids is 1. The first-order chi connectivity index (χ1) is 9.89. The summed E-state index contributed by atoms with van der Waals surface area (Å²) in [5, 5.41) is 0. The second-order valence-corrected chi connectivity index (χ2v) is 6.70. The van der Waals surface area contributed by atoms with Crippen LogP contribution in [0.5, 0.6) is 0 Å². The zero-order chi connectivity index (χ0) is 16.1. The summed E-state index contributed by atoms with van der Waals surface area (Å²) in [5.74, 6) is -1.36. The minimum absolute atomic E-state index is 0. The van der Waals surface area contributed by atoms with Gasteiger partial charge in [-0.15, -0.1) is 0 Å². The molecule has 0 saturated carbocycles. The van der Waals surface area contributed by atoms with E-state index in [2.05, 4.69) is 13.5 Å². The molecule has 0 radical (unpaired) electrons. The van der Waals surface area contributed by atoms with Gasteiger partial charge in [0.05, 0.1) is 15.9 Å². The molecule has 0 aromatic rings. The van der Waals surface area contributed by atoms with Crippen LogP contribution in [-0.2, 0) is 19.6 Å². The Morgan fingerprint density at radius 1 is 1.14 bits per heavy atom. The van der Waals surface area contributed by atoms with Gasteiger partial charge in [0, 0.05) is 6.08 Å². The Balaban J connectivity index is 0. The number of esters is 1. The third-order valence-corrected chi connectivity index (χ3v) is 4.00. The van der Waals surface area contributed by atoms with Crippen LogP contribution in [0, 0.1) is 0 Å². The van der Waals surface area contributed by atoms with E-state index in [0.29, 0.717) is 6.42 Å². The van der Waals surface area contributed by atoms with E-state index in [1.165, 1.54) is 25.7 Å². The Bertz CT molecular complexity index is 395. The monoisotopic (exact) mass is 342 g/mol. The van der Waals surface area contributed by atoms with Crippen LogP contribution in [0.1, 0.15) is 64.7 Å². The van der Waals surface area contributed by atoms with E-state index in [-0.39, 0.29) is 29.6 Å². The van der Waals surface area contributed by atoms with Gasteiger partial charge in [-0.2, -0.15) is 0 Å². The number of ether oxygens (including phenoxy) is 1. The van der Waals surface area contributed by atoms with Crippen molar-refractivity contribution in [2.75, 3.05) is 5.75 Å². The molecule has 0 rings (SSSR count). The number of unbranched alkanes of at least 4 members (excludes halogenated alkanes) is 7. The van der Waals surface area contributed by atoms with Crippen LogP contribution >= 0.6 is 0 Å². The summed E-state index contributed by atoms with van der Waals surface area (Å²) in [7, 11) is -4.40. The van der Waals surface area contributed by atoms with Gasteiger partial charge in [-0.05, 0) is 12.8 Å². The van der Waals surface area contributed by atoms with Gasteiger partial charge in [0.2, 0.25) is 0 Å². The first-order valence-corrected chi connectivity index (χ1v) is 9.23. The van der Waals surface area contributed by atoms with Crippen LogP contribution in [0.3, 0.4) is 0 Å². The zero-order valence-electron chi connectivity index (χ0n) is 13.9. The Morgan fingerprint density at radius 3 is 2.09 bits per heavy atom. The van der Waals surface area contributed by atoms with Crippen LogP contribution in [-0.4, -0.2) is 30.8 Å². The number of rotatable bonds is 13. The van der Waals surface area contributed by atoms with Crippen molar-refractivity contribution in [3.63, 3.8) is 0 Å². The summed E-state index contributed by atoms with van der Waals surface area (Å²) in [6.45, 7) is 5.43. The van der Waals surface area contributed by atoms with Crippen molar-refractivity contribution in [3.8, 4) is 0 Å². The normalized spacial score (nSPS) is 12.3. The fourth-order valence-corrected chi connectivity index (χ4v) is 2.81. The molecule has 0 aliphatic rings. The summed E-state index contributed by atoms with van der Waals surface area (Å²) < 4.78 is 37.2.